The number of ether oxygens (including phenoxy) is 2. The van der Waals surface area contributed by atoms with Gasteiger partial charge in [0.2, 0.25) is 5.91 Å². The van der Waals surface area contributed by atoms with Crippen LogP contribution in [-0.2, 0) is 14.3 Å². The van der Waals surface area contributed by atoms with Gasteiger partial charge in [-0.25, -0.2) is 9.59 Å². The average Bonchev–Trinajstić information content (AvgIpc) is 3.01. The van der Waals surface area contributed by atoms with E-state index in [1.54, 1.807) is 11.4 Å². The van der Waals surface area contributed by atoms with Crippen LogP contribution in [0.4, 0.5) is 10.5 Å². The number of carbonyl (C=O) groups excluding carboxylic acids is 3. The highest BCUT2D eigenvalue weighted by molar-refractivity contribution is 7.12. The third-order valence-electron chi connectivity index (χ3n) is 3.52. The molecule has 7 nitrogen and oxygen atoms in total. The molecule has 1 aliphatic rings. The maximum absolute atomic E-state index is 12.3. The molecule has 120 valence electrons. The van der Waals surface area contributed by atoms with Crippen molar-refractivity contribution in [1.29, 1.82) is 0 Å². The summed E-state index contributed by atoms with van der Waals surface area (Å²) in [5.41, 5.74) is 0.442. The monoisotopic (exact) mass is 326 g/mol. The number of hydrogen-bond donors (Lipinski definition) is 1. The van der Waals surface area contributed by atoms with Gasteiger partial charge in [0.15, 0.2) is 0 Å². The topological polar surface area (TPSA) is 84.9 Å². The molecule has 0 radical (unpaired) electrons. The molecule has 1 saturated heterocycles. The third kappa shape index (κ3) is 3.56. The SMILES string of the molecule is COC(=O)c1sccc1NC(=O)C1CCCN(C(=O)OC)C1. The fourth-order valence-corrected chi connectivity index (χ4v) is 3.15. The molecule has 1 aromatic rings. The van der Waals surface area contributed by atoms with E-state index in [0.29, 0.717) is 30.1 Å². The first kappa shape index (κ1) is 16.3. The van der Waals surface area contributed by atoms with Crippen LogP contribution in [0.2, 0.25) is 0 Å². The summed E-state index contributed by atoms with van der Waals surface area (Å²) >= 11 is 1.21. The van der Waals surface area contributed by atoms with E-state index in [9.17, 15) is 14.4 Å². The van der Waals surface area contributed by atoms with E-state index < -0.39 is 12.1 Å². The van der Waals surface area contributed by atoms with Gasteiger partial charge in [-0.3, -0.25) is 4.79 Å². The van der Waals surface area contributed by atoms with E-state index >= 15 is 0 Å². The summed E-state index contributed by atoms with van der Waals surface area (Å²) in [6.45, 7) is 0.901. The summed E-state index contributed by atoms with van der Waals surface area (Å²) in [5.74, 6) is -1.01. The highest BCUT2D eigenvalue weighted by Gasteiger charge is 2.29. The standard InChI is InChI=1S/C14H18N2O5S/c1-20-13(18)11-10(5-7-22-11)15-12(17)9-4-3-6-16(8-9)14(19)21-2/h5,7,9H,3-4,6,8H2,1-2H3,(H,15,17). The van der Waals surface area contributed by atoms with Gasteiger partial charge in [0.1, 0.15) is 4.88 Å². The number of amides is 2. The van der Waals surface area contributed by atoms with Crippen molar-refractivity contribution >= 4 is 35.0 Å². The smallest absolute Gasteiger partial charge is 0.409 e. The minimum atomic E-state index is -0.481. The Balaban J connectivity index is 2.02. The molecule has 1 N–H and O–H groups in total. The van der Waals surface area contributed by atoms with Gasteiger partial charge in [-0.2, -0.15) is 0 Å². The number of rotatable bonds is 3. The van der Waals surface area contributed by atoms with E-state index in [2.05, 4.69) is 14.8 Å². The van der Waals surface area contributed by atoms with Crippen molar-refractivity contribution in [1.82, 2.24) is 4.90 Å². The largest absolute Gasteiger partial charge is 0.465 e. The van der Waals surface area contributed by atoms with Crippen LogP contribution in [0.5, 0.6) is 0 Å². The molecule has 0 aromatic carbocycles. The van der Waals surface area contributed by atoms with Crippen LogP contribution in [0, 0.1) is 5.92 Å². The van der Waals surface area contributed by atoms with Gasteiger partial charge in [-0.1, -0.05) is 0 Å². The number of nitrogens with zero attached hydrogens (tertiary/aromatic N) is 1. The zero-order valence-electron chi connectivity index (χ0n) is 12.5. The third-order valence-corrected chi connectivity index (χ3v) is 4.41. The second-order valence-electron chi connectivity index (χ2n) is 4.90. The lowest BCUT2D eigenvalue weighted by atomic mass is 9.97. The maximum atomic E-state index is 12.3. The normalized spacial score (nSPS) is 17.7. The second kappa shape index (κ2) is 7.26. The Morgan fingerprint density at radius 3 is 2.77 bits per heavy atom. The highest BCUT2D eigenvalue weighted by atomic mass is 32.1. The molecule has 0 aliphatic carbocycles. The van der Waals surface area contributed by atoms with E-state index in [1.807, 2.05) is 0 Å². The molecule has 0 saturated carbocycles. The first-order valence-corrected chi connectivity index (χ1v) is 7.74. The molecule has 8 heteroatoms. The predicted molar refractivity (Wildman–Crippen MR) is 81.0 cm³/mol. The maximum Gasteiger partial charge on any atom is 0.409 e. The van der Waals surface area contributed by atoms with Crippen molar-refractivity contribution in [2.45, 2.75) is 12.8 Å². The molecule has 1 unspecified atom stereocenters. The van der Waals surface area contributed by atoms with Gasteiger partial charge < -0.3 is 19.7 Å². The molecule has 1 atom stereocenters. The summed E-state index contributed by atoms with van der Waals surface area (Å²) in [7, 11) is 2.61. The fraction of sp³-hybridized carbons (Fsp3) is 0.500. The van der Waals surface area contributed by atoms with Gasteiger partial charge in [-0.05, 0) is 24.3 Å². The summed E-state index contributed by atoms with van der Waals surface area (Å²) in [6.07, 6.45) is 1.00. The molecular formula is C14H18N2O5S. The first-order valence-electron chi connectivity index (χ1n) is 6.86. The lowest BCUT2D eigenvalue weighted by Gasteiger charge is -2.30. The number of esters is 1. The van der Waals surface area contributed by atoms with E-state index in [-0.39, 0.29) is 11.8 Å². The molecule has 2 rings (SSSR count). The second-order valence-corrected chi connectivity index (χ2v) is 5.82. The number of nitrogens with one attached hydrogen (secondary N) is 1. The van der Waals surface area contributed by atoms with Crippen molar-refractivity contribution in [2.75, 3.05) is 32.6 Å². The summed E-state index contributed by atoms with van der Waals surface area (Å²) in [5, 5.41) is 4.46. The number of likely N-dealkylation sites (tertiary alicyclic amines) is 1. The molecule has 1 aliphatic heterocycles. The van der Waals surface area contributed by atoms with Crippen LogP contribution < -0.4 is 5.32 Å². The van der Waals surface area contributed by atoms with Crippen LogP contribution in [-0.4, -0.2) is 50.2 Å². The van der Waals surface area contributed by atoms with Crippen molar-refractivity contribution in [2.24, 2.45) is 5.92 Å². The molecule has 2 amide bonds. The Labute approximate surface area is 132 Å². The number of anilines is 1. The zero-order chi connectivity index (χ0) is 16.1. The number of hydrogen-bond acceptors (Lipinski definition) is 6. The summed E-state index contributed by atoms with van der Waals surface area (Å²) in [4.78, 5) is 37.4. The first-order chi connectivity index (χ1) is 10.6. The quantitative estimate of drug-likeness (QED) is 0.858. The van der Waals surface area contributed by atoms with Gasteiger partial charge in [0.25, 0.3) is 0 Å². The highest BCUT2D eigenvalue weighted by Crippen LogP contribution is 2.25. The molecule has 22 heavy (non-hydrogen) atoms. The minimum Gasteiger partial charge on any atom is -0.465 e. The predicted octanol–water partition coefficient (Wildman–Crippen LogP) is 1.95. The van der Waals surface area contributed by atoms with Crippen molar-refractivity contribution in [3.05, 3.63) is 16.3 Å². The Morgan fingerprint density at radius 1 is 1.32 bits per heavy atom. The van der Waals surface area contributed by atoms with Crippen LogP contribution in [0.1, 0.15) is 22.5 Å². The average molecular weight is 326 g/mol. The Hall–Kier alpha value is -2.09. The van der Waals surface area contributed by atoms with Gasteiger partial charge in [0.05, 0.1) is 25.8 Å². The van der Waals surface area contributed by atoms with Crippen LogP contribution in [0.25, 0.3) is 0 Å². The lowest BCUT2D eigenvalue weighted by Crippen LogP contribution is -2.43. The molecule has 2 heterocycles. The van der Waals surface area contributed by atoms with Gasteiger partial charge in [0, 0.05) is 13.1 Å². The van der Waals surface area contributed by atoms with Crippen LogP contribution >= 0.6 is 11.3 Å². The summed E-state index contributed by atoms with van der Waals surface area (Å²) in [6, 6.07) is 1.66. The molecule has 0 spiro atoms. The number of thiophene rings is 1. The molecule has 1 fully saturated rings. The Kier molecular flexibility index (Phi) is 5.37. The fourth-order valence-electron chi connectivity index (χ4n) is 2.38. The van der Waals surface area contributed by atoms with Crippen molar-refractivity contribution in [3.63, 3.8) is 0 Å². The van der Waals surface area contributed by atoms with E-state index in [0.717, 1.165) is 6.42 Å². The minimum absolute atomic E-state index is 0.211. The summed E-state index contributed by atoms with van der Waals surface area (Å²) < 4.78 is 9.36. The Morgan fingerprint density at radius 2 is 2.09 bits per heavy atom. The number of carbonyl (C=O) groups is 3. The molecule has 0 bridgehead atoms. The van der Waals surface area contributed by atoms with Crippen LogP contribution in [0.15, 0.2) is 11.4 Å². The van der Waals surface area contributed by atoms with Gasteiger partial charge in [-0.15, -0.1) is 11.3 Å². The molecule has 1 aromatic heterocycles. The van der Waals surface area contributed by atoms with Crippen LogP contribution in [0.3, 0.4) is 0 Å². The van der Waals surface area contributed by atoms with Gasteiger partial charge >= 0.3 is 12.1 Å². The zero-order valence-corrected chi connectivity index (χ0v) is 13.3. The lowest BCUT2D eigenvalue weighted by molar-refractivity contribution is -0.121. The number of methoxy groups -OCH3 is 2. The number of piperidine rings is 1. The van der Waals surface area contributed by atoms with Crippen molar-refractivity contribution < 1.29 is 23.9 Å². The Bertz CT molecular complexity index is 571. The van der Waals surface area contributed by atoms with Crippen molar-refractivity contribution in [3.8, 4) is 0 Å². The molecular weight excluding hydrogens is 308 g/mol. The van der Waals surface area contributed by atoms with E-state index in [1.165, 1.54) is 30.5 Å². The van der Waals surface area contributed by atoms with E-state index in [4.69, 9.17) is 0 Å².